The van der Waals surface area contributed by atoms with Gasteiger partial charge in [-0.15, -0.1) is 0 Å². The van der Waals surface area contributed by atoms with Gasteiger partial charge >= 0.3 is 0 Å². The van der Waals surface area contributed by atoms with E-state index in [9.17, 15) is 9.59 Å². The number of aliphatic imine (C=N–C) groups is 2. The first-order valence-electron chi connectivity index (χ1n) is 11.2. The fourth-order valence-corrected chi connectivity index (χ4v) is 4.49. The topological polar surface area (TPSA) is 98.7 Å². The number of amides is 1. The van der Waals surface area contributed by atoms with Crippen LogP contribution in [0.15, 0.2) is 106 Å². The third-order valence-corrected chi connectivity index (χ3v) is 6.05. The van der Waals surface area contributed by atoms with Crippen LogP contribution < -0.4 is 21.3 Å². The van der Waals surface area contributed by atoms with Crippen molar-refractivity contribution in [3.8, 4) is 0 Å². The molecule has 35 heavy (non-hydrogen) atoms. The Morgan fingerprint density at radius 1 is 0.829 bits per heavy atom. The number of nitrogens with zero attached hydrogens (tertiary/aromatic N) is 2. The number of nitrogens with one attached hydrogen (secondary N) is 3. The first kappa shape index (κ1) is 20.8. The third kappa shape index (κ3) is 3.93. The Labute approximate surface area is 201 Å². The second-order valence-corrected chi connectivity index (χ2v) is 8.69. The molecule has 0 aliphatic carbocycles. The van der Waals surface area contributed by atoms with E-state index >= 15 is 0 Å². The second kappa shape index (κ2) is 7.92. The molecule has 0 fully saturated rings. The van der Waals surface area contributed by atoms with Crippen LogP contribution in [-0.2, 0) is 15.1 Å². The molecule has 2 aromatic rings. The van der Waals surface area contributed by atoms with Crippen LogP contribution in [0.25, 0.3) is 12.2 Å². The van der Waals surface area contributed by atoms with Crippen molar-refractivity contribution in [3.63, 3.8) is 0 Å². The van der Waals surface area contributed by atoms with Crippen molar-refractivity contribution >= 4 is 41.0 Å². The van der Waals surface area contributed by atoms with E-state index in [-0.39, 0.29) is 11.7 Å². The van der Waals surface area contributed by atoms with Gasteiger partial charge in [-0.05, 0) is 78.4 Å². The standard InChI is InChI=1S/C28H21N5O2/c1-17(34)29-19-4-2-18(3-5-19)28-16-25-11-10-23(32-25)13-22-7-6-20(30-22)12-21-8-9-24(31-21)14-26(33-28)15-27(28)35/h2-16,30,33H,1H3,(H,29,34). The molecule has 0 saturated carbocycles. The van der Waals surface area contributed by atoms with Gasteiger partial charge in [0.25, 0.3) is 0 Å². The van der Waals surface area contributed by atoms with Crippen molar-refractivity contribution in [3.05, 3.63) is 112 Å². The van der Waals surface area contributed by atoms with Crippen LogP contribution in [0.1, 0.15) is 12.5 Å². The molecule has 170 valence electrons. The molecule has 6 rings (SSSR count). The summed E-state index contributed by atoms with van der Waals surface area (Å²) in [5, 5.41) is 8.05. The van der Waals surface area contributed by atoms with Crippen LogP contribution in [-0.4, -0.2) is 28.1 Å². The SMILES string of the molecule is CC(=O)Nc1ccc(C23C=C4C=CC(=N4)C=c4ccc([nH]4)=CC4=NC(=CC(=CC2=O)N3)C=C4)cc1. The monoisotopic (exact) mass is 459 g/mol. The lowest BCUT2D eigenvalue weighted by Crippen LogP contribution is -2.41. The zero-order valence-electron chi connectivity index (χ0n) is 18.9. The third-order valence-electron chi connectivity index (χ3n) is 6.05. The smallest absolute Gasteiger partial charge is 0.221 e. The van der Waals surface area contributed by atoms with Gasteiger partial charge in [-0.25, -0.2) is 9.98 Å². The number of carbonyl (C=O) groups excluding carboxylic acids is 2. The highest BCUT2D eigenvalue weighted by Crippen LogP contribution is 2.34. The van der Waals surface area contributed by atoms with Crippen LogP contribution in [0.3, 0.4) is 0 Å². The lowest BCUT2D eigenvalue weighted by atomic mass is 9.86. The van der Waals surface area contributed by atoms with Gasteiger partial charge in [0.1, 0.15) is 5.54 Å². The molecule has 1 aromatic carbocycles. The molecule has 3 N–H and O–H groups in total. The Hall–Kier alpha value is -4.78. The maximum atomic E-state index is 13.5. The summed E-state index contributed by atoms with van der Waals surface area (Å²) in [5.74, 6) is -0.264. The summed E-state index contributed by atoms with van der Waals surface area (Å²) in [6.45, 7) is 1.46. The summed E-state index contributed by atoms with van der Waals surface area (Å²) in [7, 11) is 0. The van der Waals surface area contributed by atoms with Crippen molar-refractivity contribution in [2.75, 3.05) is 5.32 Å². The molecule has 1 unspecified atom stereocenters. The highest BCUT2D eigenvalue weighted by molar-refractivity contribution is 6.20. The number of anilines is 1. The average molecular weight is 460 g/mol. The van der Waals surface area contributed by atoms with Crippen molar-refractivity contribution < 1.29 is 9.59 Å². The highest BCUT2D eigenvalue weighted by Gasteiger charge is 2.42. The number of fused-ring (bicyclic) bond motifs is 6. The van der Waals surface area contributed by atoms with E-state index in [1.54, 1.807) is 18.2 Å². The van der Waals surface area contributed by atoms with Gasteiger partial charge in [-0.2, -0.15) is 0 Å². The molecule has 8 bridgehead atoms. The van der Waals surface area contributed by atoms with Gasteiger partial charge in [-0.1, -0.05) is 12.1 Å². The molecule has 1 amide bonds. The molecule has 5 heterocycles. The Balaban J connectivity index is 1.50. The zero-order chi connectivity index (χ0) is 24.0. The first-order valence-corrected chi connectivity index (χ1v) is 11.2. The number of aromatic amines is 1. The van der Waals surface area contributed by atoms with Crippen molar-refractivity contribution in [2.45, 2.75) is 12.5 Å². The highest BCUT2D eigenvalue weighted by atomic mass is 16.1. The molecule has 4 aliphatic heterocycles. The quantitative estimate of drug-likeness (QED) is 0.643. The second-order valence-electron chi connectivity index (χ2n) is 8.69. The number of carbonyl (C=O) groups is 2. The minimum absolute atomic E-state index is 0.110. The van der Waals surface area contributed by atoms with E-state index in [1.165, 1.54) is 6.92 Å². The van der Waals surface area contributed by atoms with E-state index in [2.05, 4.69) is 20.6 Å². The van der Waals surface area contributed by atoms with Gasteiger partial charge in [-0.3, -0.25) is 9.59 Å². The van der Waals surface area contributed by atoms with Gasteiger partial charge in [0.2, 0.25) is 5.91 Å². The summed E-state index contributed by atoms with van der Waals surface area (Å²) in [5.41, 5.74) is 3.95. The Kier molecular flexibility index (Phi) is 4.70. The van der Waals surface area contributed by atoms with Crippen molar-refractivity contribution in [1.82, 2.24) is 10.3 Å². The summed E-state index contributed by atoms with van der Waals surface area (Å²) >= 11 is 0. The van der Waals surface area contributed by atoms with Crippen LogP contribution in [0.5, 0.6) is 0 Å². The number of allylic oxidation sites excluding steroid dienone is 5. The van der Waals surface area contributed by atoms with Gasteiger partial charge in [0.15, 0.2) is 5.78 Å². The van der Waals surface area contributed by atoms with Crippen LogP contribution in [0.4, 0.5) is 5.69 Å². The maximum Gasteiger partial charge on any atom is 0.221 e. The number of ketones is 1. The fraction of sp³-hybridized carbons (Fsp3) is 0.0714. The largest absolute Gasteiger partial charge is 0.365 e. The molecule has 1 atom stereocenters. The normalized spacial score (nSPS) is 21.7. The number of hydrogen-bond acceptors (Lipinski definition) is 5. The molecule has 7 heteroatoms. The maximum absolute atomic E-state index is 13.5. The van der Waals surface area contributed by atoms with Crippen LogP contribution in [0.2, 0.25) is 0 Å². The first-order chi connectivity index (χ1) is 16.9. The van der Waals surface area contributed by atoms with E-state index in [1.807, 2.05) is 72.9 Å². The molecule has 1 aromatic heterocycles. The summed E-state index contributed by atoms with van der Waals surface area (Å²) in [6.07, 6.45) is 16.9. The summed E-state index contributed by atoms with van der Waals surface area (Å²) < 4.78 is 0. The number of H-pyrrole nitrogens is 1. The molecule has 0 spiro atoms. The minimum atomic E-state index is -1.14. The van der Waals surface area contributed by atoms with Gasteiger partial charge < -0.3 is 15.6 Å². The van der Waals surface area contributed by atoms with Crippen LogP contribution in [0, 0.1) is 0 Å². The molecular formula is C28H21N5O2. The Morgan fingerprint density at radius 2 is 1.49 bits per heavy atom. The minimum Gasteiger partial charge on any atom is -0.365 e. The lowest BCUT2D eigenvalue weighted by molar-refractivity contribution is -0.118. The molecule has 4 aliphatic rings. The zero-order valence-corrected chi connectivity index (χ0v) is 18.9. The number of benzene rings is 1. The molecule has 0 saturated heterocycles. The molecular weight excluding hydrogens is 438 g/mol. The Bertz CT molecular complexity index is 1620. The van der Waals surface area contributed by atoms with E-state index in [0.29, 0.717) is 17.1 Å². The van der Waals surface area contributed by atoms with Crippen molar-refractivity contribution in [1.29, 1.82) is 0 Å². The predicted molar refractivity (Wildman–Crippen MR) is 137 cm³/mol. The van der Waals surface area contributed by atoms with Crippen molar-refractivity contribution in [2.24, 2.45) is 9.98 Å². The summed E-state index contributed by atoms with van der Waals surface area (Å²) in [6, 6.07) is 11.3. The van der Waals surface area contributed by atoms with Gasteiger partial charge in [0, 0.05) is 35.1 Å². The van der Waals surface area contributed by atoms with Crippen LogP contribution >= 0.6 is 0 Å². The fourth-order valence-electron chi connectivity index (χ4n) is 4.49. The van der Waals surface area contributed by atoms with Gasteiger partial charge in [0.05, 0.1) is 22.8 Å². The van der Waals surface area contributed by atoms with E-state index < -0.39 is 5.54 Å². The lowest BCUT2D eigenvalue weighted by Gasteiger charge is -2.27. The predicted octanol–water partition coefficient (Wildman–Crippen LogP) is 2.29. The summed E-state index contributed by atoms with van der Waals surface area (Å²) in [4.78, 5) is 37.7. The number of rotatable bonds is 2. The number of hydrogen-bond donors (Lipinski definition) is 3. The van der Waals surface area contributed by atoms with E-state index in [0.717, 1.165) is 33.4 Å². The molecule has 7 nitrogen and oxygen atoms in total. The average Bonchev–Trinajstić information content (AvgIpc) is 3.60. The van der Waals surface area contributed by atoms with E-state index in [4.69, 9.17) is 4.99 Å². The Morgan fingerprint density at radius 3 is 2.17 bits per heavy atom. The molecule has 0 radical (unpaired) electrons. The number of aromatic nitrogens is 1.